The van der Waals surface area contributed by atoms with Crippen LogP contribution in [0.25, 0.3) is 0 Å². The summed E-state index contributed by atoms with van der Waals surface area (Å²) in [5.74, 6) is -0.249. The standard InChI is InChI=1S/C13H15ClN2O3/c14-10-7-12(18)16(8-10)11-3-1-9(2-4-11)13(19)15-5-6-17/h1-4,10,17H,5-8H2,(H,15,19). The smallest absolute Gasteiger partial charge is 0.251 e. The molecule has 2 N–H and O–H groups in total. The zero-order valence-corrected chi connectivity index (χ0v) is 11.1. The summed E-state index contributed by atoms with van der Waals surface area (Å²) in [6.07, 6.45) is 0.348. The second-order valence-corrected chi connectivity index (χ2v) is 4.95. The molecule has 102 valence electrons. The maximum Gasteiger partial charge on any atom is 0.251 e. The van der Waals surface area contributed by atoms with E-state index in [1.165, 1.54) is 0 Å². The fraction of sp³-hybridized carbons (Fsp3) is 0.385. The van der Waals surface area contributed by atoms with Crippen molar-refractivity contribution in [1.29, 1.82) is 0 Å². The number of nitrogens with zero attached hydrogens (tertiary/aromatic N) is 1. The highest BCUT2D eigenvalue weighted by Gasteiger charge is 2.28. The molecule has 5 nitrogen and oxygen atoms in total. The van der Waals surface area contributed by atoms with Crippen molar-refractivity contribution in [2.24, 2.45) is 0 Å². The molecule has 1 aromatic carbocycles. The lowest BCUT2D eigenvalue weighted by molar-refractivity contribution is -0.117. The van der Waals surface area contributed by atoms with E-state index in [9.17, 15) is 9.59 Å². The van der Waals surface area contributed by atoms with Gasteiger partial charge >= 0.3 is 0 Å². The largest absolute Gasteiger partial charge is 0.395 e. The van der Waals surface area contributed by atoms with E-state index >= 15 is 0 Å². The molecule has 0 aliphatic carbocycles. The van der Waals surface area contributed by atoms with E-state index < -0.39 is 0 Å². The van der Waals surface area contributed by atoms with E-state index in [2.05, 4.69) is 5.32 Å². The predicted molar refractivity (Wildman–Crippen MR) is 72.5 cm³/mol. The Labute approximate surface area is 116 Å². The van der Waals surface area contributed by atoms with E-state index in [0.717, 1.165) is 5.69 Å². The molecule has 1 fully saturated rings. The molecule has 0 bridgehead atoms. The molecular formula is C13H15ClN2O3. The van der Waals surface area contributed by atoms with E-state index in [4.69, 9.17) is 16.7 Å². The molecule has 1 aromatic rings. The molecule has 1 atom stereocenters. The van der Waals surface area contributed by atoms with Crippen LogP contribution in [0.3, 0.4) is 0 Å². The number of aliphatic hydroxyl groups excluding tert-OH is 1. The van der Waals surface area contributed by atoms with Gasteiger partial charge in [0.25, 0.3) is 5.91 Å². The molecule has 1 saturated heterocycles. The fourth-order valence-electron chi connectivity index (χ4n) is 1.98. The van der Waals surface area contributed by atoms with Crippen molar-refractivity contribution in [3.8, 4) is 0 Å². The summed E-state index contributed by atoms with van der Waals surface area (Å²) >= 11 is 5.94. The Kier molecular flexibility index (Phi) is 4.39. The number of hydrogen-bond acceptors (Lipinski definition) is 3. The summed E-state index contributed by atoms with van der Waals surface area (Å²) in [5.41, 5.74) is 1.23. The molecule has 2 rings (SSSR count). The van der Waals surface area contributed by atoms with Crippen molar-refractivity contribution in [2.45, 2.75) is 11.8 Å². The maximum absolute atomic E-state index is 11.7. The summed E-state index contributed by atoms with van der Waals surface area (Å²) < 4.78 is 0. The Morgan fingerprint density at radius 3 is 2.63 bits per heavy atom. The lowest BCUT2D eigenvalue weighted by atomic mass is 10.2. The summed E-state index contributed by atoms with van der Waals surface area (Å²) in [6.45, 7) is 0.624. The number of benzene rings is 1. The Bertz CT molecular complexity index is 475. The van der Waals surface area contributed by atoms with Gasteiger partial charge in [-0.2, -0.15) is 0 Å². The highest BCUT2D eigenvalue weighted by molar-refractivity contribution is 6.24. The molecule has 0 aromatic heterocycles. The number of carbonyl (C=O) groups excluding carboxylic acids is 2. The van der Waals surface area contributed by atoms with Gasteiger partial charge in [0.1, 0.15) is 0 Å². The number of amides is 2. The molecule has 1 heterocycles. The van der Waals surface area contributed by atoms with Gasteiger partial charge in [0.05, 0.1) is 12.0 Å². The topological polar surface area (TPSA) is 69.6 Å². The van der Waals surface area contributed by atoms with Crippen molar-refractivity contribution >= 4 is 29.1 Å². The Morgan fingerprint density at radius 2 is 2.11 bits per heavy atom. The van der Waals surface area contributed by atoms with Gasteiger partial charge in [-0.3, -0.25) is 9.59 Å². The minimum Gasteiger partial charge on any atom is -0.395 e. The van der Waals surface area contributed by atoms with Gasteiger partial charge in [-0.1, -0.05) is 0 Å². The number of alkyl halides is 1. The summed E-state index contributed by atoms with van der Waals surface area (Å²) in [4.78, 5) is 24.9. The molecule has 6 heteroatoms. The zero-order valence-electron chi connectivity index (χ0n) is 10.3. The minimum absolute atomic E-state index is 0.00233. The summed E-state index contributed by atoms with van der Waals surface area (Å²) in [6, 6.07) is 6.75. The van der Waals surface area contributed by atoms with Gasteiger partial charge in [0.15, 0.2) is 0 Å². The van der Waals surface area contributed by atoms with Crippen LogP contribution in [0.1, 0.15) is 16.8 Å². The average molecular weight is 283 g/mol. The second kappa shape index (κ2) is 6.04. The van der Waals surface area contributed by atoms with Crippen LogP contribution in [0.2, 0.25) is 0 Å². The fourth-order valence-corrected chi connectivity index (χ4v) is 2.25. The molecule has 2 amide bonds. The van der Waals surface area contributed by atoms with Crippen molar-refractivity contribution < 1.29 is 14.7 Å². The van der Waals surface area contributed by atoms with Crippen LogP contribution in [0.5, 0.6) is 0 Å². The first-order chi connectivity index (χ1) is 9.11. The zero-order chi connectivity index (χ0) is 13.8. The van der Waals surface area contributed by atoms with Crippen LogP contribution in [-0.2, 0) is 4.79 Å². The highest BCUT2D eigenvalue weighted by Crippen LogP contribution is 2.24. The van der Waals surface area contributed by atoms with Gasteiger partial charge in [-0.25, -0.2) is 0 Å². The summed E-state index contributed by atoms with van der Waals surface area (Å²) in [7, 11) is 0. The van der Waals surface area contributed by atoms with Crippen LogP contribution in [0.15, 0.2) is 24.3 Å². The van der Waals surface area contributed by atoms with Crippen molar-refractivity contribution in [3.63, 3.8) is 0 Å². The van der Waals surface area contributed by atoms with Gasteiger partial charge in [-0.15, -0.1) is 11.6 Å². The third-order valence-electron chi connectivity index (χ3n) is 2.92. The normalized spacial score (nSPS) is 18.7. The Hall–Kier alpha value is -1.59. The quantitative estimate of drug-likeness (QED) is 0.801. The number of nitrogens with one attached hydrogen (secondary N) is 1. The SMILES string of the molecule is O=C(NCCO)c1ccc(N2CC(Cl)CC2=O)cc1. The lowest BCUT2D eigenvalue weighted by Crippen LogP contribution is -2.27. The molecule has 19 heavy (non-hydrogen) atoms. The third-order valence-corrected chi connectivity index (χ3v) is 3.21. The first-order valence-corrected chi connectivity index (χ1v) is 6.49. The minimum atomic E-state index is -0.247. The van der Waals surface area contributed by atoms with E-state index in [1.54, 1.807) is 29.2 Å². The average Bonchev–Trinajstić information content (AvgIpc) is 2.75. The molecule has 1 aliphatic heterocycles. The molecule has 0 radical (unpaired) electrons. The highest BCUT2D eigenvalue weighted by atomic mass is 35.5. The van der Waals surface area contributed by atoms with Crippen molar-refractivity contribution in [3.05, 3.63) is 29.8 Å². The first kappa shape index (κ1) is 13.8. The molecule has 0 saturated carbocycles. The van der Waals surface area contributed by atoms with Crippen molar-refractivity contribution in [2.75, 3.05) is 24.6 Å². The van der Waals surface area contributed by atoms with Gasteiger partial charge < -0.3 is 15.3 Å². The number of halogens is 1. The number of hydrogen-bond donors (Lipinski definition) is 2. The van der Waals surface area contributed by atoms with E-state index in [0.29, 0.717) is 18.5 Å². The van der Waals surface area contributed by atoms with Gasteiger partial charge in [-0.05, 0) is 24.3 Å². The molecule has 1 aliphatic rings. The number of carbonyl (C=O) groups is 2. The van der Waals surface area contributed by atoms with E-state index in [-0.39, 0.29) is 30.3 Å². The first-order valence-electron chi connectivity index (χ1n) is 6.05. The van der Waals surface area contributed by atoms with Crippen LogP contribution in [0.4, 0.5) is 5.69 Å². The number of anilines is 1. The van der Waals surface area contributed by atoms with Crippen LogP contribution in [0, 0.1) is 0 Å². The van der Waals surface area contributed by atoms with Crippen LogP contribution in [-0.4, -0.2) is 42.0 Å². The lowest BCUT2D eigenvalue weighted by Gasteiger charge is -2.16. The summed E-state index contributed by atoms with van der Waals surface area (Å²) in [5, 5.41) is 11.0. The third kappa shape index (κ3) is 3.24. The molecule has 1 unspecified atom stereocenters. The van der Waals surface area contributed by atoms with Crippen LogP contribution < -0.4 is 10.2 Å². The molecule has 0 spiro atoms. The predicted octanol–water partition coefficient (Wildman–Crippen LogP) is 0.753. The monoisotopic (exact) mass is 282 g/mol. The Balaban J connectivity index is 2.06. The number of rotatable bonds is 4. The van der Waals surface area contributed by atoms with Crippen molar-refractivity contribution in [1.82, 2.24) is 5.32 Å². The van der Waals surface area contributed by atoms with Gasteiger partial charge in [0, 0.05) is 30.8 Å². The van der Waals surface area contributed by atoms with E-state index in [1.807, 2.05) is 0 Å². The molecular weight excluding hydrogens is 268 g/mol. The second-order valence-electron chi connectivity index (χ2n) is 4.33. The maximum atomic E-state index is 11.7. The van der Waals surface area contributed by atoms with Crippen LogP contribution >= 0.6 is 11.6 Å². The van der Waals surface area contributed by atoms with Gasteiger partial charge in [0.2, 0.25) is 5.91 Å². The number of aliphatic hydroxyl groups is 1. The Morgan fingerprint density at radius 1 is 1.42 bits per heavy atom.